The van der Waals surface area contributed by atoms with Crippen LogP contribution in [-0.2, 0) is 30.4 Å². The second kappa shape index (κ2) is 8.81. The highest BCUT2D eigenvalue weighted by Gasteiger charge is 2.73. The van der Waals surface area contributed by atoms with Crippen LogP contribution in [0.15, 0.2) is 4.63 Å². The van der Waals surface area contributed by atoms with E-state index in [1.807, 2.05) is 0 Å². The molecule has 25 nitrogen and oxygen atoms in total. The molecule has 4 aromatic rings. The van der Waals surface area contributed by atoms with Gasteiger partial charge in [0.1, 0.15) is 19.7 Å². The first-order valence-electron chi connectivity index (χ1n) is 10.1. The van der Waals surface area contributed by atoms with Crippen molar-refractivity contribution in [1.82, 2.24) is 39.5 Å². The Balaban J connectivity index is 2.21. The number of rotatable bonds is 10. The minimum absolute atomic E-state index is 0.423. The number of carbonyl (C=O) groups is 2. The van der Waals surface area contributed by atoms with Gasteiger partial charge < -0.3 is 9.47 Å². The lowest BCUT2D eigenvalue weighted by atomic mass is 10.1. The summed E-state index contributed by atoms with van der Waals surface area (Å²) in [6.45, 7) is 1.39. The molecule has 0 unspecified atom stereocenters. The van der Waals surface area contributed by atoms with E-state index >= 15 is 0 Å². The minimum Gasteiger partial charge on any atom is -0.455 e. The largest absolute Gasteiger partial charge is 0.613 e. The highest BCUT2D eigenvalue weighted by atomic mass is 16.7. The Morgan fingerprint density at radius 2 is 1.03 bits per heavy atom. The Morgan fingerprint density at radius 1 is 0.692 bits per heavy atom. The average Bonchev–Trinajstić information content (AvgIpc) is 3.57. The first-order valence-corrected chi connectivity index (χ1v) is 10.1. The molecule has 25 heteroatoms. The molecule has 0 saturated carbocycles. The van der Waals surface area contributed by atoms with Gasteiger partial charge in [0.2, 0.25) is 22.6 Å². The molecule has 0 aromatic carbocycles. The Labute approximate surface area is 208 Å². The maximum absolute atomic E-state index is 12.6. The van der Waals surface area contributed by atoms with Crippen LogP contribution in [0.2, 0.25) is 0 Å². The number of nitro groups is 4. The minimum atomic E-state index is -3.93. The van der Waals surface area contributed by atoms with E-state index < -0.39 is 90.4 Å². The summed E-state index contributed by atoms with van der Waals surface area (Å²) in [5, 5.41) is 68.5. The molecule has 0 aliphatic rings. The fourth-order valence-corrected chi connectivity index (χ4v) is 3.58. The third-order valence-electron chi connectivity index (χ3n) is 5.20. The normalized spacial score (nSPS) is 12.1. The van der Waals surface area contributed by atoms with Crippen molar-refractivity contribution in [3.8, 4) is 0 Å². The van der Waals surface area contributed by atoms with E-state index in [9.17, 15) is 50.0 Å². The van der Waals surface area contributed by atoms with Crippen molar-refractivity contribution in [3.05, 3.63) is 52.1 Å². The molecule has 0 aliphatic carbocycles. The lowest BCUT2D eigenvalue weighted by Crippen LogP contribution is -2.53. The molecule has 0 N–H and O–H groups in total. The van der Waals surface area contributed by atoms with Crippen molar-refractivity contribution in [2.75, 3.05) is 13.2 Å². The van der Waals surface area contributed by atoms with Crippen LogP contribution in [0.3, 0.4) is 0 Å². The SMILES string of the molecule is CCOC(=O)C(c1nnc2c3nnc(C(C(=O)OCC)([N+](=O)[O-])[N+](=O)[O-])n3c3nonc3n12)([N+](=O)[O-])[N+](=O)[O-]. The van der Waals surface area contributed by atoms with Crippen LogP contribution in [0.1, 0.15) is 25.5 Å². The van der Waals surface area contributed by atoms with E-state index in [4.69, 9.17) is 0 Å². The fourth-order valence-electron chi connectivity index (χ4n) is 3.58. The number of nitrogens with zero attached hydrogens (tertiary/aromatic N) is 12. The molecule has 0 fully saturated rings. The quantitative estimate of drug-likeness (QED) is 0.0871. The van der Waals surface area contributed by atoms with Crippen LogP contribution >= 0.6 is 0 Å². The van der Waals surface area contributed by atoms with Crippen molar-refractivity contribution < 1.29 is 43.4 Å². The van der Waals surface area contributed by atoms with Crippen LogP contribution < -0.4 is 0 Å². The van der Waals surface area contributed by atoms with Gasteiger partial charge in [-0.25, -0.2) is 23.0 Å². The first kappa shape index (κ1) is 26.0. The summed E-state index contributed by atoms with van der Waals surface area (Å²) in [5.74, 6) is -6.61. The molecule has 0 radical (unpaired) electrons. The van der Waals surface area contributed by atoms with Crippen molar-refractivity contribution >= 4 is 34.5 Å². The molecule has 0 atom stereocenters. The number of aromatic nitrogens is 8. The van der Waals surface area contributed by atoms with Crippen molar-refractivity contribution in [3.63, 3.8) is 0 Å². The smallest absolute Gasteiger partial charge is 0.455 e. The zero-order chi connectivity index (χ0) is 28.9. The summed E-state index contributed by atoms with van der Waals surface area (Å²) < 4.78 is 14.5. The Bertz CT molecular complexity index is 1550. The molecule has 0 aliphatic heterocycles. The maximum atomic E-state index is 12.6. The predicted octanol–water partition coefficient (Wildman–Crippen LogP) is -2.15. The summed E-state index contributed by atoms with van der Waals surface area (Å²) >= 11 is 0. The van der Waals surface area contributed by atoms with Crippen LogP contribution in [0.5, 0.6) is 0 Å². The standard InChI is InChI=1S/C14H10N12O13/c1-3-37-11(27)13(23(29)30,24(31)32)9-17-15-5-6-16-18-10(22(6)8-7(21(5)9)19-39-20-8)14(25(33)34,26(35)36)12(28)38-4-2/h3-4H2,1-2H3. The molecular weight excluding hydrogens is 544 g/mol. The molecule has 0 amide bonds. The first-order chi connectivity index (χ1) is 18.4. The van der Waals surface area contributed by atoms with E-state index in [1.165, 1.54) is 13.8 Å². The maximum Gasteiger partial charge on any atom is 0.613 e. The van der Waals surface area contributed by atoms with E-state index in [1.54, 1.807) is 0 Å². The Hall–Kier alpha value is -6.04. The van der Waals surface area contributed by atoms with Gasteiger partial charge in [-0.1, -0.05) is 0 Å². The highest BCUT2D eigenvalue weighted by molar-refractivity contribution is 5.85. The van der Waals surface area contributed by atoms with Crippen LogP contribution in [0, 0.1) is 40.5 Å². The van der Waals surface area contributed by atoms with Gasteiger partial charge >= 0.3 is 34.9 Å². The molecule has 4 aromatic heterocycles. The van der Waals surface area contributed by atoms with Gasteiger partial charge in [0.15, 0.2) is 0 Å². The molecule has 4 rings (SSSR count). The third kappa shape index (κ3) is 3.12. The second-order valence-electron chi connectivity index (χ2n) is 7.09. The Kier molecular flexibility index (Phi) is 5.88. The lowest BCUT2D eigenvalue weighted by molar-refractivity contribution is -0.792. The molecule has 4 heterocycles. The average molecular weight is 554 g/mol. The van der Waals surface area contributed by atoms with Crippen LogP contribution in [0.4, 0.5) is 0 Å². The van der Waals surface area contributed by atoms with Crippen molar-refractivity contribution in [2.24, 2.45) is 0 Å². The predicted molar refractivity (Wildman–Crippen MR) is 109 cm³/mol. The van der Waals surface area contributed by atoms with Crippen molar-refractivity contribution in [1.29, 1.82) is 0 Å². The summed E-state index contributed by atoms with van der Waals surface area (Å²) in [6, 6.07) is 0. The molecule has 0 saturated heterocycles. The van der Waals surface area contributed by atoms with Gasteiger partial charge in [-0.2, -0.15) is 0 Å². The zero-order valence-electron chi connectivity index (χ0n) is 19.1. The fraction of sp³-hybridized carbons (Fsp3) is 0.429. The summed E-state index contributed by atoms with van der Waals surface area (Å²) in [4.78, 5) is 66.5. The van der Waals surface area contributed by atoms with E-state index in [2.05, 4.69) is 44.8 Å². The number of hydrogen-bond acceptors (Lipinski definition) is 19. The van der Waals surface area contributed by atoms with Gasteiger partial charge in [-0.15, -0.1) is 20.4 Å². The number of ether oxygens (including phenoxy) is 2. The summed E-state index contributed by atoms with van der Waals surface area (Å²) in [5.41, 5.74) is -11.0. The highest BCUT2D eigenvalue weighted by Crippen LogP contribution is 2.33. The van der Waals surface area contributed by atoms with Gasteiger partial charge in [-0.3, -0.25) is 40.5 Å². The molecule has 39 heavy (non-hydrogen) atoms. The molecule has 0 spiro atoms. The van der Waals surface area contributed by atoms with Crippen molar-refractivity contribution in [2.45, 2.75) is 25.2 Å². The number of carbonyl (C=O) groups excluding carboxylic acids is 2. The van der Waals surface area contributed by atoms with Crippen LogP contribution in [0.25, 0.3) is 22.6 Å². The van der Waals surface area contributed by atoms with Gasteiger partial charge in [0.25, 0.3) is 0 Å². The van der Waals surface area contributed by atoms with E-state index in [0.29, 0.717) is 8.80 Å². The van der Waals surface area contributed by atoms with Gasteiger partial charge in [0, 0.05) is 0 Å². The summed E-state index contributed by atoms with van der Waals surface area (Å²) in [7, 11) is 0. The number of fused-ring (bicyclic) bond motifs is 6. The van der Waals surface area contributed by atoms with Gasteiger partial charge in [0.05, 0.1) is 13.2 Å². The third-order valence-corrected chi connectivity index (χ3v) is 5.20. The molecule has 204 valence electrons. The van der Waals surface area contributed by atoms with E-state index in [0.717, 1.165) is 0 Å². The zero-order valence-corrected chi connectivity index (χ0v) is 19.1. The topological polar surface area (TPSA) is 324 Å². The van der Waals surface area contributed by atoms with Crippen LogP contribution in [-0.4, -0.2) is 84.4 Å². The van der Waals surface area contributed by atoms with Gasteiger partial charge in [-0.05, 0) is 24.2 Å². The van der Waals surface area contributed by atoms with E-state index in [-0.39, 0.29) is 0 Å². The lowest BCUT2D eigenvalue weighted by Gasteiger charge is -2.14. The molecule has 0 bridgehead atoms. The second-order valence-corrected chi connectivity index (χ2v) is 7.09. The number of esters is 2. The molecular formula is C14H10N12O13. The Morgan fingerprint density at radius 3 is 1.31 bits per heavy atom. The monoisotopic (exact) mass is 554 g/mol. The number of hydrogen-bond donors (Lipinski definition) is 0. The summed E-state index contributed by atoms with van der Waals surface area (Å²) in [6.07, 6.45) is 0.